The Morgan fingerprint density at radius 2 is 1.65 bits per heavy atom. The number of phenols is 1. The van der Waals surface area contributed by atoms with E-state index in [4.69, 9.17) is 5.73 Å². The van der Waals surface area contributed by atoms with Gasteiger partial charge in [0.05, 0.1) is 13.1 Å². The van der Waals surface area contributed by atoms with Crippen molar-refractivity contribution < 1.29 is 9.90 Å². The van der Waals surface area contributed by atoms with Gasteiger partial charge in [-0.3, -0.25) is 23.6 Å². The Hall–Kier alpha value is -3.65. The fraction of sp³-hybridized carbons (Fsp3) is 0.346. The molecule has 4 rings (SSSR count). The van der Waals surface area contributed by atoms with E-state index in [1.807, 2.05) is 47.4 Å². The molecular weight excluding hydrogens is 432 g/mol. The number of anilines is 1. The van der Waals surface area contributed by atoms with Crippen molar-refractivity contribution in [2.75, 3.05) is 25.4 Å². The van der Waals surface area contributed by atoms with Crippen molar-refractivity contribution >= 4 is 11.6 Å². The van der Waals surface area contributed by atoms with Crippen molar-refractivity contribution in [2.24, 2.45) is 0 Å². The van der Waals surface area contributed by atoms with Gasteiger partial charge in [0, 0.05) is 6.54 Å². The minimum absolute atomic E-state index is 0.0764. The highest BCUT2D eigenvalue weighted by Crippen LogP contribution is 2.29. The third kappa shape index (κ3) is 4.82. The Kier molecular flexibility index (Phi) is 6.98. The Morgan fingerprint density at radius 1 is 1.00 bits per heavy atom. The molecule has 1 fully saturated rings. The summed E-state index contributed by atoms with van der Waals surface area (Å²) in [5.74, 6) is 0.167. The number of carbonyl (C=O) groups is 1. The lowest BCUT2D eigenvalue weighted by molar-refractivity contribution is 0.0907. The van der Waals surface area contributed by atoms with Gasteiger partial charge in [-0.15, -0.1) is 0 Å². The third-order valence-corrected chi connectivity index (χ3v) is 6.57. The number of hydrogen-bond donors (Lipinski definition) is 2. The smallest absolute Gasteiger partial charge is 0.332 e. The molecule has 8 nitrogen and oxygen atoms in total. The van der Waals surface area contributed by atoms with Crippen LogP contribution in [0.1, 0.15) is 47.2 Å². The zero-order chi connectivity index (χ0) is 24.2. The number of aromatic nitrogens is 2. The zero-order valence-electron chi connectivity index (χ0n) is 19.3. The van der Waals surface area contributed by atoms with Crippen molar-refractivity contribution in [1.29, 1.82) is 0 Å². The number of aromatic hydroxyl groups is 1. The lowest BCUT2D eigenvalue weighted by atomic mass is 9.89. The average Bonchev–Trinajstić information content (AvgIpc) is 2.84. The molecule has 2 heterocycles. The lowest BCUT2D eigenvalue weighted by Crippen LogP contribution is -2.45. The molecule has 0 atom stereocenters. The molecule has 0 amide bonds. The molecule has 34 heavy (non-hydrogen) atoms. The van der Waals surface area contributed by atoms with E-state index in [9.17, 15) is 19.5 Å². The number of benzene rings is 2. The van der Waals surface area contributed by atoms with Gasteiger partial charge in [-0.05, 0) is 62.0 Å². The third-order valence-electron chi connectivity index (χ3n) is 6.57. The number of phenolic OH excluding ortho intramolecular Hbond substituents is 1. The summed E-state index contributed by atoms with van der Waals surface area (Å²) in [5, 5.41) is 9.50. The largest absolute Gasteiger partial charge is 0.508 e. The van der Waals surface area contributed by atoms with E-state index in [0.29, 0.717) is 19.0 Å². The molecule has 178 valence electrons. The van der Waals surface area contributed by atoms with Crippen LogP contribution in [0.3, 0.4) is 0 Å². The van der Waals surface area contributed by atoms with Crippen LogP contribution in [-0.4, -0.2) is 44.6 Å². The normalized spacial score (nSPS) is 14.9. The number of piperidine rings is 1. The summed E-state index contributed by atoms with van der Waals surface area (Å²) in [6.45, 7) is 3.55. The summed E-state index contributed by atoms with van der Waals surface area (Å²) in [6, 6.07) is 16.6. The van der Waals surface area contributed by atoms with Crippen LogP contribution in [0, 0.1) is 0 Å². The minimum atomic E-state index is -0.627. The van der Waals surface area contributed by atoms with E-state index in [0.717, 1.165) is 23.0 Å². The first kappa shape index (κ1) is 23.5. The van der Waals surface area contributed by atoms with Crippen molar-refractivity contribution in [3.8, 4) is 5.75 Å². The Balaban J connectivity index is 1.54. The van der Waals surface area contributed by atoms with E-state index >= 15 is 0 Å². The van der Waals surface area contributed by atoms with Crippen LogP contribution in [0.25, 0.3) is 0 Å². The lowest BCUT2D eigenvalue weighted by Gasteiger charge is -2.31. The molecule has 1 aliphatic heterocycles. The molecule has 1 saturated heterocycles. The highest BCUT2D eigenvalue weighted by Gasteiger charge is 2.26. The van der Waals surface area contributed by atoms with Crippen LogP contribution in [0.15, 0.2) is 64.2 Å². The standard InChI is InChI=1S/C26H30N4O4/c1-2-29-25(33)23(24(27)30(26(29)34)16-18-6-4-3-5-7-18)22(32)17-28-14-12-20(13-15-28)19-8-10-21(31)11-9-19/h3-11,20,31H,2,12-17,27H2,1H3. The van der Waals surface area contributed by atoms with E-state index in [-0.39, 0.29) is 42.5 Å². The second-order valence-electron chi connectivity index (χ2n) is 8.73. The zero-order valence-corrected chi connectivity index (χ0v) is 19.3. The monoisotopic (exact) mass is 462 g/mol. The quantitative estimate of drug-likeness (QED) is 0.522. The Morgan fingerprint density at radius 3 is 2.26 bits per heavy atom. The number of hydrogen-bond acceptors (Lipinski definition) is 6. The fourth-order valence-electron chi connectivity index (χ4n) is 4.63. The summed E-state index contributed by atoms with van der Waals surface area (Å²) in [7, 11) is 0. The van der Waals surface area contributed by atoms with Gasteiger partial charge in [-0.2, -0.15) is 0 Å². The Bertz CT molecular complexity index is 1270. The molecule has 3 N–H and O–H groups in total. The number of Topliss-reactive ketones (excluding diaryl/α,β-unsaturated/α-hetero) is 1. The highest BCUT2D eigenvalue weighted by molar-refractivity contribution is 6.01. The molecule has 0 bridgehead atoms. The van der Waals surface area contributed by atoms with Crippen molar-refractivity contribution in [2.45, 2.75) is 38.8 Å². The number of ketones is 1. The van der Waals surface area contributed by atoms with Gasteiger partial charge in [-0.1, -0.05) is 42.5 Å². The van der Waals surface area contributed by atoms with Crippen molar-refractivity contribution in [1.82, 2.24) is 14.0 Å². The molecule has 8 heteroatoms. The predicted molar refractivity (Wildman–Crippen MR) is 131 cm³/mol. The van der Waals surface area contributed by atoms with Gasteiger partial charge in [0.2, 0.25) is 0 Å². The first-order valence-corrected chi connectivity index (χ1v) is 11.6. The van der Waals surface area contributed by atoms with E-state index in [1.165, 1.54) is 10.1 Å². The topological polar surface area (TPSA) is 111 Å². The van der Waals surface area contributed by atoms with E-state index < -0.39 is 11.2 Å². The summed E-state index contributed by atoms with van der Waals surface area (Å²) in [4.78, 5) is 41.2. The van der Waals surface area contributed by atoms with E-state index in [2.05, 4.69) is 0 Å². The second kappa shape index (κ2) is 10.1. The van der Waals surface area contributed by atoms with Gasteiger partial charge in [0.15, 0.2) is 5.78 Å². The molecule has 1 aliphatic rings. The maximum Gasteiger partial charge on any atom is 0.332 e. The van der Waals surface area contributed by atoms with E-state index in [1.54, 1.807) is 19.1 Å². The highest BCUT2D eigenvalue weighted by atomic mass is 16.3. The molecule has 3 aromatic rings. The van der Waals surface area contributed by atoms with Gasteiger partial charge in [0.25, 0.3) is 5.56 Å². The van der Waals surface area contributed by atoms with Crippen LogP contribution >= 0.6 is 0 Å². The molecule has 0 unspecified atom stereocenters. The maximum atomic E-state index is 13.2. The van der Waals surface area contributed by atoms with Gasteiger partial charge >= 0.3 is 5.69 Å². The number of likely N-dealkylation sites (tertiary alicyclic amines) is 1. The summed E-state index contributed by atoms with van der Waals surface area (Å²) in [5.41, 5.74) is 7.04. The number of rotatable bonds is 7. The first-order valence-electron chi connectivity index (χ1n) is 11.6. The molecule has 0 spiro atoms. The fourth-order valence-corrected chi connectivity index (χ4v) is 4.63. The van der Waals surface area contributed by atoms with Crippen LogP contribution in [0.5, 0.6) is 5.75 Å². The average molecular weight is 463 g/mol. The van der Waals surface area contributed by atoms with Crippen LogP contribution in [0.2, 0.25) is 0 Å². The molecule has 0 radical (unpaired) electrons. The van der Waals surface area contributed by atoms with Gasteiger partial charge in [-0.25, -0.2) is 4.79 Å². The minimum Gasteiger partial charge on any atom is -0.508 e. The van der Waals surface area contributed by atoms with Crippen LogP contribution < -0.4 is 17.0 Å². The van der Waals surface area contributed by atoms with Crippen LogP contribution in [0.4, 0.5) is 5.82 Å². The Labute approximate surface area is 197 Å². The molecule has 0 saturated carbocycles. The number of nitrogens with two attached hydrogens (primary N) is 1. The van der Waals surface area contributed by atoms with Gasteiger partial charge < -0.3 is 10.8 Å². The molecule has 1 aromatic heterocycles. The summed E-state index contributed by atoms with van der Waals surface area (Å²) >= 11 is 0. The van der Waals surface area contributed by atoms with Crippen molar-refractivity contribution in [3.63, 3.8) is 0 Å². The number of nitrogens with zero attached hydrogens (tertiary/aromatic N) is 3. The number of nitrogen functional groups attached to an aromatic ring is 1. The molecular formula is C26H30N4O4. The second-order valence-corrected chi connectivity index (χ2v) is 8.73. The maximum absolute atomic E-state index is 13.2. The van der Waals surface area contributed by atoms with Crippen LogP contribution in [-0.2, 0) is 13.1 Å². The first-order chi connectivity index (χ1) is 16.4. The van der Waals surface area contributed by atoms with Crippen molar-refractivity contribution in [3.05, 3.63) is 92.1 Å². The van der Waals surface area contributed by atoms with Gasteiger partial charge in [0.1, 0.15) is 17.1 Å². The summed E-state index contributed by atoms with van der Waals surface area (Å²) in [6.07, 6.45) is 1.75. The SMILES string of the molecule is CCn1c(=O)c(C(=O)CN2CCC(c3ccc(O)cc3)CC2)c(N)n(Cc2ccccc2)c1=O. The molecule has 0 aliphatic carbocycles. The summed E-state index contributed by atoms with van der Waals surface area (Å²) < 4.78 is 2.38. The predicted octanol–water partition coefficient (Wildman–Crippen LogP) is 2.43. The number of carbonyl (C=O) groups excluding carboxylic acids is 1. The molecule has 2 aromatic carbocycles.